The zero-order chi connectivity index (χ0) is 29.9. The number of rotatable bonds is 6. The molecule has 4 heterocycles. The zero-order valence-electron chi connectivity index (χ0n) is 21.9. The summed E-state index contributed by atoms with van der Waals surface area (Å²) in [6, 6.07) is 13.4. The van der Waals surface area contributed by atoms with Crippen molar-refractivity contribution in [3.05, 3.63) is 102 Å². The van der Waals surface area contributed by atoms with Crippen LogP contribution >= 0.6 is 0 Å². The number of aliphatic hydroxyl groups is 1. The summed E-state index contributed by atoms with van der Waals surface area (Å²) in [6.45, 7) is 1.75. The second-order valence-corrected chi connectivity index (χ2v) is 10.3. The van der Waals surface area contributed by atoms with Crippen LogP contribution in [0, 0.1) is 5.82 Å². The highest BCUT2D eigenvalue weighted by molar-refractivity contribution is 5.96. The maximum Gasteiger partial charge on any atom is 0.423 e. The maximum absolute atomic E-state index is 14.9. The molecule has 3 aromatic heterocycles. The predicted molar refractivity (Wildman–Crippen MR) is 142 cm³/mol. The van der Waals surface area contributed by atoms with E-state index in [9.17, 15) is 27.5 Å². The molecule has 6 rings (SSSR count). The number of aromatic nitrogens is 5. The van der Waals surface area contributed by atoms with E-state index in [1.54, 1.807) is 11.5 Å². The fourth-order valence-electron chi connectivity index (χ4n) is 5.07. The molecule has 1 aliphatic heterocycles. The number of alkyl halides is 3. The Hall–Kier alpha value is -4.91. The van der Waals surface area contributed by atoms with Gasteiger partial charge in [0.15, 0.2) is 5.75 Å². The summed E-state index contributed by atoms with van der Waals surface area (Å²) in [6.07, 6.45) is -3.33. The van der Waals surface area contributed by atoms with Gasteiger partial charge < -0.3 is 20.1 Å². The molecule has 9 nitrogen and oxygen atoms in total. The molecule has 0 saturated carbocycles. The van der Waals surface area contributed by atoms with Crippen LogP contribution < -0.4 is 10.5 Å². The molecule has 0 unspecified atom stereocenters. The van der Waals surface area contributed by atoms with Crippen molar-refractivity contribution in [2.75, 3.05) is 6.61 Å². The van der Waals surface area contributed by atoms with Crippen LogP contribution in [0.5, 0.6) is 5.75 Å². The zero-order valence-corrected chi connectivity index (χ0v) is 21.9. The van der Waals surface area contributed by atoms with Crippen molar-refractivity contribution in [3.8, 4) is 17.0 Å². The van der Waals surface area contributed by atoms with Gasteiger partial charge in [0.2, 0.25) is 11.5 Å². The van der Waals surface area contributed by atoms with Gasteiger partial charge in [-0.1, -0.05) is 6.07 Å². The van der Waals surface area contributed by atoms with Crippen LogP contribution in [0.4, 0.5) is 17.6 Å². The number of primary amides is 1. The Bertz CT molecular complexity index is 1830. The van der Waals surface area contributed by atoms with Crippen LogP contribution in [0.25, 0.3) is 22.2 Å². The molecule has 0 spiro atoms. The van der Waals surface area contributed by atoms with E-state index in [1.165, 1.54) is 61.2 Å². The van der Waals surface area contributed by atoms with E-state index in [2.05, 4.69) is 20.2 Å². The van der Waals surface area contributed by atoms with Crippen molar-refractivity contribution in [1.82, 2.24) is 24.7 Å². The van der Waals surface area contributed by atoms with E-state index < -0.39 is 41.2 Å². The SMILES string of the molecule is C[C@]1(n2cnnc2)COc2c1cc([C@@](O)(Cc1ccc3cc(C(N)=O)ccc3n1)C(F)(F)F)nc2-c1ccc(F)cc1. The number of pyridine rings is 2. The molecular formula is C29H22F4N6O3. The van der Waals surface area contributed by atoms with Gasteiger partial charge in [-0.25, -0.2) is 9.37 Å². The Labute approximate surface area is 235 Å². The first-order valence-electron chi connectivity index (χ1n) is 12.7. The second kappa shape index (κ2) is 9.58. The van der Waals surface area contributed by atoms with Crippen LogP contribution in [-0.2, 0) is 17.6 Å². The van der Waals surface area contributed by atoms with Gasteiger partial charge in [-0.05, 0) is 61.5 Å². The van der Waals surface area contributed by atoms with Gasteiger partial charge in [0.1, 0.15) is 36.3 Å². The number of nitrogens with zero attached hydrogens (tertiary/aromatic N) is 5. The van der Waals surface area contributed by atoms with Crippen LogP contribution in [0.1, 0.15) is 34.2 Å². The van der Waals surface area contributed by atoms with Gasteiger partial charge in [-0.3, -0.25) is 9.78 Å². The van der Waals surface area contributed by atoms with Crippen molar-refractivity contribution in [2.24, 2.45) is 5.73 Å². The summed E-state index contributed by atoms with van der Waals surface area (Å²) in [5, 5.41) is 19.6. The van der Waals surface area contributed by atoms with Crippen molar-refractivity contribution in [3.63, 3.8) is 0 Å². The first-order valence-corrected chi connectivity index (χ1v) is 12.7. The van der Waals surface area contributed by atoms with E-state index in [0.717, 1.165) is 12.1 Å². The molecular weight excluding hydrogens is 556 g/mol. The third-order valence-electron chi connectivity index (χ3n) is 7.52. The molecule has 5 aromatic rings. The molecule has 13 heteroatoms. The number of hydrogen-bond acceptors (Lipinski definition) is 7. The average Bonchev–Trinajstić information content (AvgIpc) is 3.62. The highest BCUT2D eigenvalue weighted by Gasteiger charge is 2.57. The number of halogens is 4. The lowest BCUT2D eigenvalue weighted by atomic mass is 9.86. The molecule has 0 bridgehead atoms. The minimum Gasteiger partial charge on any atom is -0.488 e. The van der Waals surface area contributed by atoms with Gasteiger partial charge in [0, 0.05) is 34.2 Å². The number of carbonyl (C=O) groups is 1. The maximum atomic E-state index is 14.9. The number of carbonyl (C=O) groups excluding carboxylic acids is 1. The molecule has 0 saturated heterocycles. The van der Waals surface area contributed by atoms with Crippen LogP contribution in [0.2, 0.25) is 0 Å². The topological polar surface area (TPSA) is 129 Å². The van der Waals surface area contributed by atoms with Crippen molar-refractivity contribution in [2.45, 2.75) is 30.7 Å². The Morgan fingerprint density at radius 1 is 1.05 bits per heavy atom. The van der Waals surface area contributed by atoms with Gasteiger partial charge in [-0.2, -0.15) is 13.2 Å². The van der Waals surface area contributed by atoms with E-state index >= 15 is 0 Å². The normalized spacial score (nSPS) is 18.0. The quantitative estimate of drug-likeness (QED) is 0.288. The Morgan fingerprint density at radius 3 is 2.43 bits per heavy atom. The number of amides is 1. The summed E-state index contributed by atoms with van der Waals surface area (Å²) in [7, 11) is 0. The number of ether oxygens (including phenoxy) is 1. The van der Waals surface area contributed by atoms with Gasteiger partial charge >= 0.3 is 6.18 Å². The second-order valence-electron chi connectivity index (χ2n) is 10.3. The van der Waals surface area contributed by atoms with Crippen molar-refractivity contribution in [1.29, 1.82) is 0 Å². The molecule has 0 radical (unpaired) electrons. The van der Waals surface area contributed by atoms with Crippen LogP contribution in [0.3, 0.4) is 0 Å². The summed E-state index contributed by atoms with van der Waals surface area (Å²) in [4.78, 5) is 20.1. The van der Waals surface area contributed by atoms with E-state index in [-0.39, 0.29) is 29.3 Å². The highest BCUT2D eigenvalue weighted by Crippen LogP contribution is 2.49. The minimum atomic E-state index is -5.19. The molecule has 1 amide bonds. The van der Waals surface area contributed by atoms with E-state index in [0.29, 0.717) is 22.0 Å². The first kappa shape index (κ1) is 27.3. The van der Waals surface area contributed by atoms with Gasteiger partial charge in [0.25, 0.3) is 0 Å². The largest absolute Gasteiger partial charge is 0.488 e. The summed E-state index contributed by atoms with van der Waals surface area (Å²) in [5.74, 6) is -1.01. The number of hydrogen-bond donors (Lipinski definition) is 2. The lowest BCUT2D eigenvalue weighted by Gasteiger charge is -2.32. The molecule has 2 aromatic carbocycles. The Kier molecular flexibility index (Phi) is 6.22. The standard InChI is InChI=1S/C29H22F4N6O3/c1-27(39-14-35-36-15-39)13-42-25-21(27)11-23(38-24(25)16-2-6-19(30)7-3-16)28(41,29(31,32)33)12-20-8-4-17-10-18(26(34)40)5-9-22(17)37-20/h2-11,14-15,41H,12-13H2,1H3,(H2,34,40)/t27-,28-/m0/s1. The number of fused-ring (bicyclic) bond motifs is 2. The van der Waals surface area contributed by atoms with Crippen molar-refractivity contribution < 1.29 is 32.2 Å². The molecule has 3 N–H and O–H groups in total. The lowest BCUT2D eigenvalue weighted by Crippen LogP contribution is -2.45. The third-order valence-corrected chi connectivity index (χ3v) is 7.52. The molecule has 0 fully saturated rings. The fraction of sp³-hybridized carbons (Fsp3) is 0.207. The minimum absolute atomic E-state index is 0.00688. The van der Waals surface area contributed by atoms with Gasteiger partial charge in [0.05, 0.1) is 11.2 Å². The van der Waals surface area contributed by atoms with Crippen LogP contribution in [0.15, 0.2) is 73.3 Å². The highest BCUT2D eigenvalue weighted by atomic mass is 19.4. The number of nitrogens with two attached hydrogens (primary N) is 1. The fourth-order valence-corrected chi connectivity index (χ4v) is 5.07. The Balaban J connectivity index is 1.52. The van der Waals surface area contributed by atoms with E-state index in [4.69, 9.17) is 10.5 Å². The van der Waals surface area contributed by atoms with Crippen molar-refractivity contribution >= 4 is 16.8 Å². The monoisotopic (exact) mass is 578 g/mol. The summed E-state index contributed by atoms with van der Waals surface area (Å²) in [5.41, 5.74) is 1.16. The third kappa shape index (κ3) is 4.42. The number of benzene rings is 2. The predicted octanol–water partition coefficient (Wildman–Crippen LogP) is 4.27. The van der Waals surface area contributed by atoms with Crippen LogP contribution in [-0.4, -0.2) is 48.5 Å². The lowest BCUT2D eigenvalue weighted by molar-refractivity contribution is -0.268. The first-order chi connectivity index (χ1) is 19.9. The Morgan fingerprint density at radius 2 is 1.76 bits per heavy atom. The molecule has 42 heavy (non-hydrogen) atoms. The molecule has 0 aliphatic carbocycles. The molecule has 214 valence electrons. The summed E-state index contributed by atoms with van der Waals surface area (Å²) >= 11 is 0. The molecule has 1 aliphatic rings. The smallest absolute Gasteiger partial charge is 0.423 e. The van der Waals surface area contributed by atoms with E-state index in [1.807, 2.05) is 0 Å². The van der Waals surface area contributed by atoms with Gasteiger partial charge in [-0.15, -0.1) is 10.2 Å². The molecule has 2 atom stereocenters. The summed E-state index contributed by atoms with van der Waals surface area (Å²) < 4.78 is 65.9. The average molecular weight is 579 g/mol.